The van der Waals surface area contributed by atoms with Gasteiger partial charge in [-0.05, 0) is 12.0 Å². The molecule has 1 rings (SSSR count). The molecule has 134 valence electrons. The number of carbonyl (C=O) groups is 3. The maximum Gasteiger partial charge on any atom is 0.336 e. The van der Waals surface area contributed by atoms with Gasteiger partial charge >= 0.3 is 5.97 Å². The number of esters is 1. The average molecular weight is 360 g/mol. The van der Waals surface area contributed by atoms with Crippen molar-refractivity contribution in [3.63, 3.8) is 0 Å². The second-order valence-corrected chi connectivity index (χ2v) is 4.79. The predicted octanol–water partition coefficient (Wildman–Crippen LogP) is -1.17. The molecule has 2 amide bonds. The topological polar surface area (TPSA) is 136 Å². The summed E-state index contributed by atoms with van der Waals surface area (Å²) >= 11 is 0. The van der Waals surface area contributed by atoms with Gasteiger partial charge in [-0.2, -0.15) is 0 Å². The number of amides is 2. The van der Waals surface area contributed by atoms with Gasteiger partial charge in [0.2, 0.25) is 11.8 Å². The van der Waals surface area contributed by atoms with Crippen LogP contribution in [0.4, 0.5) is 0 Å². The van der Waals surface area contributed by atoms with E-state index in [1.54, 1.807) is 30.3 Å². The van der Waals surface area contributed by atoms with Crippen molar-refractivity contribution in [2.45, 2.75) is 18.6 Å². The van der Waals surface area contributed by atoms with Crippen molar-refractivity contribution < 1.29 is 24.2 Å². The molecule has 0 saturated heterocycles. The van der Waals surface area contributed by atoms with Gasteiger partial charge in [0.25, 0.3) is 0 Å². The minimum Gasteiger partial charge on any atom is -0.467 e. The zero-order valence-electron chi connectivity index (χ0n) is 13.3. The Balaban J connectivity index is 0.00000529. The summed E-state index contributed by atoms with van der Waals surface area (Å²) in [5.41, 5.74) is 11.4. The molecule has 0 aromatic heterocycles. The molecule has 1 aromatic carbocycles. The van der Waals surface area contributed by atoms with E-state index in [4.69, 9.17) is 11.5 Å². The Hall–Kier alpha value is -2.00. The van der Waals surface area contributed by atoms with E-state index in [1.807, 2.05) is 0 Å². The molecule has 8 nitrogen and oxygen atoms in total. The summed E-state index contributed by atoms with van der Waals surface area (Å²) in [7, 11) is 1.10. The molecule has 1 aromatic rings. The number of imide groups is 1. The van der Waals surface area contributed by atoms with E-state index in [-0.39, 0.29) is 18.8 Å². The Morgan fingerprint density at radius 1 is 1.12 bits per heavy atom. The van der Waals surface area contributed by atoms with Gasteiger partial charge in [0.05, 0.1) is 26.2 Å². The minimum absolute atomic E-state index is 0. The molecule has 0 radical (unpaired) electrons. The van der Waals surface area contributed by atoms with Crippen molar-refractivity contribution in [2.75, 3.05) is 20.2 Å². The maximum absolute atomic E-state index is 12.0. The highest BCUT2D eigenvalue weighted by molar-refractivity contribution is 5.98. The molecule has 0 spiro atoms. The molecule has 9 heteroatoms. The lowest BCUT2D eigenvalue weighted by molar-refractivity contribution is -0.159. The van der Waals surface area contributed by atoms with Crippen molar-refractivity contribution >= 4 is 30.2 Å². The molecular weight excluding hydrogens is 338 g/mol. The molecule has 0 heterocycles. The van der Waals surface area contributed by atoms with Crippen molar-refractivity contribution in [3.05, 3.63) is 35.9 Å². The smallest absolute Gasteiger partial charge is 0.336 e. The Bertz CT molecular complexity index is 539. The Labute approximate surface area is 146 Å². The molecule has 0 aliphatic carbocycles. The van der Waals surface area contributed by atoms with Gasteiger partial charge in [-0.15, -0.1) is 12.4 Å². The molecule has 0 fully saturated rings. The van der Waals surface area contributed by atoms with Crippen LogP contribution in [0.1, 0.15) is 5.56 Å². The number of carbonyl (C=O) groups excluding carboxylic acids is 3. The molecule has 24 heavy (non-hydrogen) atoms. The van der Waals surface area contributed by atoms with E-state index in [1.165, 1.54) is 0 Å². The van der Waals surface area contributed by atoms with Crippen molar-refractivity contribution in [3.8, 4) is 0 Å². The van der Waals surface area contributed by atoms with E-state index >= 15 is 0 Å². The van der Waals surface area contributed by atoms with E-state index in [2.05, 4.69) is 4.74 Å². The molecule has 0 aliphatic heterocycles. The largest absolute Gasteiger partial charge is 0.467 e. The fraction of sp³-hybridized carbons (Fsp3) is 0.400. The summed E-state index contributed by atoms with van der Waals surface area (Å²) in [6.45, 7) is -0.907. The third kappa shape index (κ3) is 5.57. The highest BCUT2D eigenvalue weighted by Crippen LogP contribution is 2.15. The number of nitrogens with zero attached hydrogens (tertiary/aromatic N) is 1. The van der Waals surface area contributed by atoms with Crippen LogP contribution in [0.15, 0.2) is 30.3 Å². The monoisotopic (exact) mass is 359 g/mol. The van der Waals surface area contributed by atoms with E-state index in [9.17, 15) is 19.5 Å². The number of nitrogens with two attached hydrogens (primary N) is 2. The van der Waals surface area contributed by atoms with Crippen LogP contribution in [0.2, 0.25) is 0 Å². The first-order valence-electron chi connectivity index (χ1n) is 7.01. The number of aliphatic hydroxyl groups excluding tert-OH is 1. The second kappa shape index (κ2) is 10.7. The lowest BCUT2D eigenvalue weighted by Gasteiger charge is -2.32. The highest BCUT2D eigenvalue weighted by atomic mass is 35.5. The lowest BCUT2D eigenvalue weighted by atomic mass is 9.99. The van der Waals surface area contributed by atoms with Crippen LogP contribution in [0.3, 0.4) is 0 Å². The summed E-state index contributed by atoms with van der Waals surface area (Å²) in [6.07, 6.45) is -1.64. The normalized spacial score (nSPS) is 12.5. The summed E-state index contributed by atoms with van der Waals surface area (Å²) < 4.78 is 4.51. The number of hydrogen-bond donors (Lipinski definition) is 3. The van der Waals surface area contributed by atoms with Gasteiger partial charge in [0, 0.05) is 0 Å². The van der Waals surface area contributed by atoms with Crippen LogP contribution >= 0.6 is 12.4 Å². The molecule has 5 N–H and O–H groups in total. The van der Waals surface area contributed by atoms with Gasteiger partial charge in [-0.3, -0.25) is 14.5 Å². The van der Waals surface area contributed by atoms with Crippen molar-refractivity contribution in [1.82, 2.24) is 4.90 Å². The molecule has 0 bridgehead atoms. The first kappa shape index (κ1) is 22.0. The van der Waals surface area contributed by atoms with Gasteiger partial charge in [0.1, 0.15) is 0 Å². The maximum atomic E-state index is 12.0. The van der Waals surface area contributed by atoms with Gasteiger partial charge in [-0.25, -0.2) is 4.79 Å². The van der Waals surface area contributed by atoms with Crippen molar-refractivity contribution in [1.29, 1.82) is 0 Å². The van der Waals surface area contributed by atoms with Gasteiger partial charge < -0.3 is 21.3 Å². The molecule has 0 saturated carbocycles. The van der Waals surface area contributed by atoms with Gasteiger partial charge in [-0.1, -0.05) is 30.3 Å². The van der Waals surface area contributed by atoms with Crippen LogP contribution in [0.25, 0.3) is 0 Å². The fourth-order valence-electron chi connectivity index (χ4n) is 2.18. The quantitative estimate of drug-likeness (QED) is 0.521. The first-order chi connectivity index (χ1) is 11.0. The van der Waals surface area contributed by atoms with Crippen LogP contribution in [0, 0.1) is 0 Å². The van der Waals surface area contributed by atoms with Crippen molar-refractivity contribution in [2.24, 2.45) is 11.5 Å². The second-order valence-electron chi connectivity index (χ2n) is 4.79. The number of methoxy groups -OCH3 is 1. The summed E-state index contributed by atoms with van der Waals surface area (Å²) in [6, 6.07) is 7.65. The number of benzene rings is 1. The number of halogens is 1. The number of ether oxygens (including phenoxy) is 1. The van der Waals surface area contributed by atoms with Crippen LogP contribution in [-0.2, 0) is 25.5 Å². The predicted molar refractivity (Wildman–Crippen MR) is 89.2 cm³/mol. The molecule has 0 unspecified atom stereocenters. The Morgan fingerprint density at radius 2 is 1.62 bits per heavy atom. The number of aliphatic hydroxyl groups is 1. The number of rotatable bonds is 7. The van der Waals surface area contributed by atoms with E-state index in [0.717, 1.165) is 17.6 Å². The van der Waals surface area contributed by atoms with Crippen LogP contribution in [0.5, 0.6) is 0 Å². The van der Waals surface area contributed by atoms with E-state index in [0.29, 0.717) is 0 Å². The SMILES string of the molecule is COC(=O)[C@@H](O)[C@@H](Cc1ccccc1)N(C(=O)CN)C(=O)CN.Cl. The lowest BCUT2D eigenvalue weighted by Crippen LogP contribution is -2.56. The summed E-state index contributed by atoms with van der Waals surface area (Å²) in [5, 5.41) is 10.2. The standard InChI is InChI=1S/C15H21N3O5.ClH/c1-23-15(22)14(21)11(7-10-5-3-2-4-6-10)18(12(19)8-16)13(20)9-17;/h2-6,11,14,21H,7-9,16-17H2,1H3;1H/t11-,14+;/m1./s1. The third-order valence-corrected chi connectivity index (χ3v) is 3.31. The zero-order valence-corrected chi connectivity index (χ0v) is 14.1. The summed E-state index contributed by atoms with van der Waals surface area (Å²) in [4.78, 5) is 36.5. The summed E-state index contributed by atoms with van der Waals surface area (Å²) in [5.74, 6) is -2.42. The van der Waals surface area contributed by atoms with Crippen LogP contribution in [-0.4, -0.2) is 60.1 Å². The molecule has 2 atom stereocenters. The Morgan fingerprint density at radius 3 is 2.04 bits per heavy atom. The Kier molecular flexibility index (Phi) is 9.82. The number of hydrogen-bond acceptors (Lipinski definition) is 7. The van der Waals surface area contributed by atoms with Gasteiger partial charge in [0.15, 0.2) is 6.10 Å². The zero-order chi connectivity index (χ0) is 17.4. The fourth-order valence-corrected chi connectivity index (χ4v) is 2.18. The highest BCUT2D eigenvalue weighted by Gasteiger charge is 2.37. The van der Waals surface area contributed by atoms with Crippen LogP contribution < -0.4 is 11.5 Å². The molecular formula is C15H22ClN3O5. The minimum atomic E-state index is -1.70. The van der Waals surface area contributed by atoms with E-state index < -0.39 is 43.0 Å². The third-order valence-electron chi connectivity index (χ3n) is 3.31. The first-order valence-corrected chi connectivity index (χ1v) is 7.01. The molecule has 0 aliphatic rings. The average Bonchev–Trinajstić information content (AvgIpc) is 2.59.